The average molecular weight is 371 g/mol. The first-order valence-electron chi connectivity index (χ1n) is 7.96. The fraction of sp³-hybridized carbons (Fsp3) is 0.588. The van der Waals surface area contributed by atoms with Crippen molar-refractivity contribution in [3.63, 3.8) is 0 Å². The molecule has 140 valence electrons. The first kappa shape index (κ1) is 19.7. The van der Waals surface area contributed by atoms with Crippen LogP contribution in [0, 0.1) is 6.92 Å². The minimum Gasteiger partial charge on any atom is -0.444 e. The Hall–Kier alpha value is -1.64. The van der Waals surface area contributed by atoms with Crippen LogP contribution in [0.2, 0.25) is 0 Å². The van der Waals surface area contributed by atoms with E-state index in [9.17, 15) is 13.2 Å². The Labute approximate surface area is 149 Å². The predicted octanol–water partition coefficient (Wildman–Crippen LogP) is 2.34. The molecule has 0 aromatic heterocycles. The topological polar surface area (TPSA) is 82.1 Å². The lowest BCUT2D eigenvalue weighted by molar-refractivity contribution is -0.138. The predicted molar refractivity (Wildman–Crippen MR) is 91.9 cm³/mol. The maximum Gasteiger partial charge on any atom is 0.410 e. The second kappa shape index (κ2) is 6.93. The molecule has 0 atom stereocenters. The van der Waals surface area contributed by atoms with Crippen LogP contribution in [0.5, 0.6) is 0 Å². The van der Waals surface area contributed by atoms with Crippen LogP contribution in [0.4, 0.5) is 4.79 Å². The van der Waals surface area contributed by atoms with Gasteiger partial charge in [0.05, 0.1) is 24.6 Å². The van der Waals surface area contributed by atoms with Gasteiger partial charge in [0, 0.05) is 7.11 Å². The Morgan fingerprint density at radius 1 is 1.20 bits per heavy atom. The summed E-state index contributed by atoms with van der Waals surface area (Å²) in [6.07, 6.45) is -0.457. The Bertz CT molecular complexity index is 715. The molecule has 0 bridgehead atoms. The van der Waals surface area contributed by atoms with Gasteiger partial charge in [-0.1, -0.05) is 17.7 Å². The normalized spacial score (nSPS) is 17.1. The molecule has 8 heteroatoms. The molecule has 1 aliphatic rings. The Kier molecular flexibility index (Phi) is 5.46. The summed E-state index contributed by atoms with van der Waals surface area (Å²) in [4.78, 5) is 13.5. The van der Waals surface area contributed by atoms with E-state index in [1.165, 1.54) is 24.1 Å². The molecule has 1 saturated heterocycles. The number of methoxy groups -OCH3 is 1. The Morgan fingerprint density at radius 2 is 1.76 bits per heavy atom. The summed E-state index contributed by atoms with van der Waals surface area (Å²) in [6, 6.07) is 6.40. The summed E-state index contributed by atoms with van der Waals surface area (Å²) in [5, 5.41) is 0. The molecular weight excluding hydrogens is 346 g/mol. The minimum atomic E-state index is -3.88. The summed E-state index contributed by atoms with van der Waals surface area (Å²) in [5.41, 5.74) is -0.484. The molecule has 25 heavy (non-hydrogen) atoms. The molecule has 0 radical (unpaired) electrons. The number of likely N-dealkylation sites (tertiary alicyclic amines) is 1. The zero-order valence-corrected chi connectivity index (χ0v) is 16.1. The molecule has 1 aromatic rings. The van der Waals surface area contributed by atoms with Gasteiger partial charge in [0.25, 0.3) is 10.1 Å². The van der Waals surface area contributed by atoms with Gasteiger partial charge in [-0.05, 0) is 39.8 Å². The maximum absolute atomic E-state index is 12.3. The second-order valence-corrected chi connectivity index (χ2v) is 8.87. The number of rotatable bonds is 5. The molecule has 1 fully saturated rings. The lowest BCUT2D eigenvalue weighted by Gasteiger charge is -2.48. The van der Waals surface area contributed by atoms with Gasteiger partial charge in [0.2, 0.25) is 0 Å². The van der Waals surface area contributed by atoms with Crippen molar-refractivity contribution in [2.45, 2.75) is 43.8 Å². The number of aryl methyl sites for hydroxylation is 1. The van der Waals surface area contributed by atoms with Gasteiger partial charge in [-0.25, -0.2) is 4.79 Å². The van der Waals surface area contributed by atoms with Crippen LogP contribution in [0.3, 0.4) is 0 Å². The fourth-order valence-corrected chi connectivity index (χ4v) is 3.32. The number of hydrogen-bond acceptors (Lipinski definition) is 6. The van der Waals surface area contributed by atoms with E-state index < -0.39 is 27.4 Å². The van der Waals surface area contributed by atoms with Crippen molar-refractivity contribution in [2.75, 3.05) is 26.8 Å². The minimum absolute atomic E-state index is 0.0904. The average Bonchev–Trinajstić information content (AvgIpc) is 2.45. The summed E-state index contributed by atoms with van der Waals surface area (Å²) in [7, 11) is -2.41. The third-order valence-corrected chi connectivity index (χ3v) is 5.11. The van der Waals surface area contributed by atoms with Gasteiger partial charge >= 0.3 is 6.09 Å². The molecule has 1 aliphatic heterocycles. The summed E-state index contributed by atoms with van der Waals surface area (Å²) in [6.45, 7) is 7.47. The third kappa shape index (κ3) is 4.93. The molecule has 7 nitrogen and oxygen atoms in total. The number of amides is 1. The SMILES string of the molecule is COC1(COS(=O)(=O)c2ccc(C)cc2)CN(C(=O)OC(C)(C)C)C1. The van der Waals surface area contributed by atoms with Crippen LogP contribution >= 0.6 is 0 Å². The van der Waals surface area contributed by atoms with Crippen molar-refractivity contribution in [1.29, 1.82) is 0 Å². The number of nitrogens with zero attached hydrogens (tertiary/aromatic N) is 1. The highest BCUT2D eigenvalue weighted by atomic mass is 32.2. The number of benzene rings is 1. The number of carbonyl (C=O) groups excluding carboxylic acids is 1. The van der Waals surface area contributed by atoms with Crippen molar-refractivity contribution in [2.24, 2.45) is 0 Å². The van der Waals surface area contributed by atoms with Crippen molar-refractivity contribution in [3.8, 4) is 0 Å². The molecule has 0 unspecified atom stereocenters. The summed E-state index contributed by atoms with van der Waals surface area (Å²) >= 11 is 0. The second-order valence-electron chi connectivity index (χ2n) is 7.25. The van der Waals surface area contributed by atoms with E-state index in [1.54, 1.807) is 32.9 Å². The van der Waals surface area contributed by atoms with Crippen molar-refractivity contribution in [1.82, 2.24) is 4.90 Å². The highest BCUT2D eigenvalue weighted by Gasteiger charge is 2.48. The van der Waals surface area contributed by atoms with Crippen molar-refractivity contribution < 1.29 is 26.9 Å². The lowest BCUT2D eigenvalue weighted by atomic mass is 9.95. The van der Waals surface area contributed by atoms with Crippen molar-refractivity contribution >= 4 is 16.2 Å². The third-order valence-electron chi connectivity index (χ3n) is 3.83. The molecule has 0 N–H and O–H groups in total. The smallest absolute Gasteiger partial charge is 0.410 e. The molecule has 1 heterocycles. The van der Waals surface area contributed by atoms with E-state index in [2.05, 4.69) is 0 Å². The number of carbonyl (C=O) groups is 1. The van der Waals surface area contributed by atoms with Gasteiger partial charge < -0.3 is 14.4 Å². The Balaban J connectivity index is 1.95. The van der Waals surface area contributed by atoms with E-state index in [0.717, 1.165) is 5.56 Å². The van der Waals surface area contributed by atoms with Gasteiger partial charge in [0.1, 0.15) is 11.2 Å². The standard InChI is InChI=1S/C17H25NO6S/c1-13-6-8-14(9-7-13)25(20,21)23-12-17(22-5)10-18(11-17)15(19)24-16(2,3)4/h6-9H,10-12H2,1-5H3. The first-order chi connectivity index (χ1) is 11.5. The van der Waals surface area contributed by atoms with E-state index in [4.69, 9.17) is 13.7 Å². The highest BCUT2D eigenvalue weighted by molar-refractivity contribution is 7.86. The molecule has 1 amide bonds. The molecule has 2 rings (SSSR count). The number of ether oxygens (including phenoxy) is 2. The fourth-order valence-electron chi connectivity index (χ4n) is 2.34. The summed E-state index contributed by atoms with van der Waals surface area (Å²) in [5.74, 6) is 0. The highest BCUT2D eigenvalue weighted by Crippen LogP contribution is 2.28. The van der Waals surface area contributed by atoms with Gasteiger partial charge in [-0.3, -0.25) is 4.18 Å². The van der Waals surface area contributed by atoms with Gasteiger partial charge in [-0.2, -0.15) is 8.42 Å². The molecule has 1 aromatic carbocycles. The molecular formula is C17H25NO6S. The molecule has 0 aliphatic carbocycles. The largest absolute Gasteiger partial charge is 0.444 e. The number of hydrogen-bond donors (Lipinski definition) is 0. The van der Waals surface area contributed by atoms with Gasteiger partial charge in [0.15, 0.2) is 0 Å². The summed E-state index contributed by atoms with van der Waals surface area (Å²) < 4.78 is 40.4. The van der Waals surface area contributed by atoms with E-state index in [0.29, 0.717) is 0 Å². The van der Waals surface area contributed by atoms with Crippen LogP contribution in [-0.2, 0) is 23.8 Å². The van der Waals surface area contributed by atoms with Crippen LogP contribution in [0.25, 0.3) is 0 Å². The monoisotopic (exact) mass is 371 g/mol. The van der Waals surface area contributed by atoms with E-state index in [-0.39, 0.29) is 24.6 Å². The van der Waals surface area contributed by atoms with Gasteiger partial charge in [-0.15, -0.1) is 0 Å². The van der Waals surface area contributed by atoms with E-state index >= 15 is 0 Å². The van der Waals surface area contributed by atoms with Crippen LogP contribution in [-0.4, -0.2) is 57.4 Å². The van der Waals surface area contributed by atoms with Crippen LogP contribution < -0.4 is 0 Å². The van der Waals surface area contributed by atoms with E-state index in [1.807, 2.05) is 6.92 Å². The lowest BCUT2D eigenvalue weighted by Crippen LogP contribution is -2.67. The van der Waals surface area contributed by atoms with Crippen LogP contribution in [0.15, 0.2) is 29.2 Å². The zero-order chi connectivity index (χ0) is 18.9. The quantitative estimate of drug-likeness (QED) is 0.739. The Morgan fingerprint density at radius 3 is 2.24 bits per heavy atom. The first-order valence-corrected chi connectivity index (χ1v) is 9.36. The van der Waals surface area contributed by atoms with Crippen molar-refractivity contribution in [3.05, 3.63) is 29.8 Å². The molecule has 0 saturated carbocycles. The zero-order valence-electron chi connectivity index (χ0n) is 15.2. The maximum atomic E-state index is 12.3. The van der Waals surface area contributed by atoms with Crippen LogP contribution in [0.1, 0.15) is 26.3 Å². The molecule has 0 spiro atoms.